The van der Waals surface area contributed by atoms with Gasteiger partial charge in [0.2, 0.25) is 7.36 Å². The third-order valence-corrected chi connectivity index (χ3v) is 4.00. The molecule has 0 rings (SSSR count). The number of carbonyl (C=O) groups is 2. The van der Waals surface area contributed by atoms with Gasteiger partial charge in [0, 0.05) is 0 Å². The van der Waals surface area contributed by atoms with Gasteiger partial charge in [0.1, 0.15) is 6.54 Å². The molecule has 20 heavy (non-hydrogen) atoms. The Morgan fingerprint density at radius 1 is 1.25 bits per heavy atom. The van der Waals surface area contributed by atoms with Crippen LogP contribution in [0.4, 0.5) is 13.2 Å². The van der Waals surface area contributed by atoms with E-state index in [0.717, 1.165) is 0 Å². The summed E-state index contributed by atoms with van der Waals surface area (Å²) >= 11 is 4.84. The minimum atomic E-state index is -5.18. The van der Waals surface area contributed by atoms with Crippen molar-refractivity contribution in [2.45, 2.75) is 25.6 Å². The van der Waals surface area contributed by atoms with Crippen LogP contribution in [-0.2, 0) is 21.4 Å². The van der Waals surface area contributed by atoms with E-state index < -0.39 is 37.5 Å². The lowest BCUT2D eigenvalue weighted by molar-refractivity contribution is -0.192. The van der Waals surface area contributed by atoms with Crippen molar-refractivity contribution in [1.82, 2.24) is 15.5 Å². The Bertz CT molecular complexity index is 375. The van der Waals surface area contributed by atoms with Crippen molar-refractivity contribution in [3.05, 3.63) is 0 Å². The second kappa shape index (κ2) is 7.82. The van der Waals surface area contributed by atoms with E-state index in [1.807, 2.05) is 0 Å². The largest absolute Gasteiger partial charge is 0.480 e. The van der Waals surface area contributed by atoms with Gasteiger partial charge in [-0.05, 0) is 13.1 Å². The van der Waals surface area contributed by atoms with Crippen LogP contribution in [0.1, 0.15) is 13.8 Å². The zero-order valence-corrected chi connectivity index (χ0v) is 12.7. The van der Waals surface area contributed by atoms with E-state index in [0.29, 0.717) is 0 Å². The highest BCUT2D eigenvalue weighted by Crippen LogP contribution is 2.28. The van der Waals surface area contributed by atoms with Crippen LogP contribution in [0.3, 0.4) is 0 Å². The molecular weight excluding hydrogens is 318 g/mol. The van der Waals surface area contributed by atoms with Crippen LogP contribution in [-0.4, -0.2) is 53.2 Å². The maximum absolute atomic E-state index is 12.6. The third-order valence-electron chi connectivity index (χ3n) is 2.20. The highest BCUT2D eigenvalue weighted by atomic mass is 32.4. The number of alkyl halides is 3. The predicted molar refractivity (Wildman–Crippen MR) is 71.2 cm³/mol. The number of carbonyl (C=O) groups excluding carboxylic acids is 1. The normalized spacial score (nSPS) is 12.4. The number of hydrogen-bond donors (Lipinski definition) is 3. The zero-order chi connectivity index (χ0) is 16.0. The highest BCUT2D eigenvalue weighted by molar-refractivity contribution is 7.97. The number of amides is 1. The number of carboxylic acids is 1. The minimum absolute atomic E-state index is 0.188. The lowest BCUT2D eigenvalue weighted by atomic mass is 10.4. The molecule has 0 saturated heterocycles. The van der Waals surface area contributed by atoms with Gasteiger partial charge >= 0.3 is 23.6 Å². The van der Waals surface area contributed by atoms with E-state index >= 15 is 0 Å². The topological polar surface area (TPSA) is 81.7 Å². The SMILES string of the molecule is CCNC(NCC)([PH+]=S)N(CC(=O)O)C(=O)C(F)(F)F. The van der Waals surface area contributed by atoms with Crippen LogP contribution in [0.5, 0.6) is 0 Å². The first-order chi connectivity index (χ1) is 9.14. The van der Waals surface area contributed by atoms with Gasteiger partial charge in [0.15, 0.2) is 11.8 Å². The number of nitrogens with one attached hydrogen (secondary N) is 2. The fourth-order valence-electron chi connectivity index (χ4n) is 1.52. The summed E-state index contributed by atoms with van der Waals surface area (Å²) < 4.78 is 37.9. The van der Waals surface area contributed by atoms with E-state index in [1.54, 1.807) is 13.8 Å². The van der Waals surface area contributed by atoms with Crippen molar-refractivity contribution in [1.29, 1.82) is 0 Å². The van der Waals surface area contributed by atoms with Gasteiger partial charge < -0.3 is 5.11 Å². The van der Waals surface area contributed by atoms with Crippen molar-refractivity contribution in [2.24, 2.45) is 0 Å². The Morgan fingerprint density at radius 2 is 1.70 bits per heavy atom. The number of halogens is 3. The molecule has 0 aromatic heterocycles. The molecule has 0 aliphatic heterocycles. The number of rotatable bonds is 8. The van der Waals surface area contributed by atoms with Gasteiger partial charge in [-0.3, -0.25) is 14.5 Å². The minimum Gasteiger partial charge on any atom is -0.480 e. The molecular formula is C9H16F3N3O3PS+. The van der Waals surface area contributed by atoms with E-state index in [4.69, 9.17) is 16.9 Å². The van der Waals surface area contributed by atoms with Gasteiger partial charge in [-0.2, -0.15) is 13.2 Å². The molecule has 0 fully saturated rings. The smallest absolute Gasteiger partial charge is 0.471 e. The Kier molecular flexibility index (Phi) is 7.50. The van der Waals surface area contributed by atoms with Crippen LogP contribution in [0.2, 0.25) is 0 Å². The molecule has 0 aliphatic carbocycles. The standard InChI is InChI=1S/C9H15F3N3O3PS/c1-3-13-9(19-20,14-4-2)15(5-6(16)17)7(18)8(10,11)12/h13-14H,3-5H2,1-2H3,(H,16,17)/p+1. The van der Waals surface area contributed by atoms with E-state index in [9.17, 15) is 22.8 Å². The van der Waals surface area contributed by atoms with Crippen LogP contribution < -0.4 is 10.6 Å². The Morgan fingerprint density at radius 3 is 1.95 bits per heavy atom. The Labute approximate surface area is 120 Å². The van der Waals surface area contributed by atoms with Crippen molar-refractivity contribution in [3.63, 3.8) is 0 Å². The van der Waals surface area contributed by atoms with Gasteiger partial charge in [0.05, 0.1) is 0 Å². The van der Waals surface area contributed by atoms with Gasteiger partial charge in [-0.1, -0.05) is 13.8 Å². The first-order valence-electron chi connectivity index (χ1n) is 5.64. The molecule has 0 heterocycles. The molecule has 116 valence electrons. The van der Waals surface area contributed by atoms with Crippen molar-refractivity contribution < 1.29 is 27.9 Å². The maximum Gasteiger partial charge on any atom is 0.471 e. The average molecular weight is 334 g/mol. The number of carboxylic acid groups (broad SMARTS) is 1. The zero-order valence-electron chi connectivity index (χ0n) is 10.9. The quantitative estimate of drug-likeness (QED) is 0.441. The second-order valence-corrected chi connectivity index (χ2v) is 5.20. The van der Waals surface area contributed by atoms with Gasteiger partial charge in [-0.15, -0.1) is 0 Å². The van der Waals surface area contributed by atoms with Crippen LogP contribution in [0, 0.1) is 0 Å². The summed E-state index contributed by atoms with van der Waals surface area (Å²) in [7, 11) is -0.613. The second-order valence-electron chi connectivity index (χ2n) is 3.66. The number of nitrogens with zero attached hydrogens (tertiary/aromatic N) is 1. The number of aliphatic carboxylic acids is 1. The van der Waals surface area contributed by atoms with Crippen molar-refractivity contribution in [3.8, 4) is 0 Å². The monoisotopic (exact) mass is 334 g/mol. The fraction of sp³-hybridized carbons (Fsp3) is 0.778. The summed E-state index contributed by atoms with van der Waals surface area (Å²) in [4.78, 5) is 22.4. The maximum atomic E-state index is 12.6. The molecule has 0 aromatic carbocycles. The fourth-order valence-corrected chi connectivity index (χ4v) is 3.08. The summed E-state index contributed by atoms with van der Waals surface area (Å²) in [6.45, 7) is 2.52. The van der Waals surface area contributed by atoms with Crippen molar-refractivity contribution >= 4 is 31.0 Å². The molecule has 1 unspecified atom stereocenters. The van der Waals surface area contributed by atoms with Crippen LogP contribution >= 0.6 is 7.36 Å². The summed E-state index contributed by atoms with van der Waals surface area (Å²) in [6, 6.07) is 0. The average Bonchev–Trinajstić information content (AvgIpc) is 2.33. The molecule has 1 atom stereocenters. The molecule has 3 N–H and O–H groups in total. The van der Waals surface area contributed by atoms with E-state index in [-0.39, 0.29) is 18.0 Å². The van der Waals surface area contributed by atoms with E-state index in [1.165, 1.54) is 0 Å². The van der Waals surface area contributed by atoms with Crippen LogP contribution in [0.15, 0.2) is 0 Å². The molecule has 11 heteroatoms. The predicted octanol–water partition coefficient (Wildman–Crippen LogP) is 0.433. The molecule has 0 radical (unpaired) electrons. The molecule has 0 aromatic rings. The molecule has 0 saturated carbocycles. The van der Waals surface area contributed by atoms with E-state index in [2.05, 4.69) is 10.6 Å². The van der Waals surface area contributed by atoms with Crippen LogP contribution in [0.25, 0.3) is 0 Å². The Hall–Kier alpha value is -0.830. The molecule has 0 bridgehead atoms. The summed E-state index contributed by atoms with van der Waals surface area (Å²) in [6.07, 6.45) is -5.18. The van der Waals surface area contributed by atoms with Crippen molar-refractivity contribution in [2.75, 3.05) is 19.6 Å². The summed E-state index contributed by atoms with van der Waals surface area (Å²) in [5.74, 6) is -3.81. The molecule has 0 spiro atoms. The summed E-state index contributed by atoms with van der Waals surface area (Å²) in [5, 5.41) is 14.0. The molecule has 0 aliphatic rings. The first kappa shape index (κ1) is 19.2. The van der Waals surface area contributed by atoms with Gasteiger partial charge in [-0.25, -0.2) is 10.6 Å². The van der Waals surface area contributed by atoms with Gasteiger partial charge in [0.25, 0.3) is 0 Å². The molecule has 6 nitrogen and oxygen atoms in total. The number of hydrogen-bond acceptors (Lipinski definition) is 5. The first-order valence-corrected chi connectivity index (χ1v) is 7.77. The summed E-state index contributed by atoms with van der Waals surface area (Å²) in [5.41, 5.74) is -1.70. The lowest BCUT2D eigenvalue weighted by Gasteiger charge is -2.35. The molecule has 1 amide bonds. The highest BCUT2D eigenvalue weighted by Gasteiger charge is 2.54. The lowest BCUT2D eigenvalue weighted by Crippen LogP contribution is -2.68. The third kappa shape index (κ3) is 4.93. The Balaban J connectivity index is 5.69.